The molecule has 1 saturated carbocycles. The average molecular weight is 418 g/mol. The molecule has 1 aliphatic heterocycles. The lowest BCUT2D eigenvalue weighted by molar-refractivity contribution is 0.151. The number of hydrogen-bond acceptors (Lipinski definition) is 3. The van der Waals surface area contributed by atoms with Crippen molar-refractivity contribution in [2.45, 2.75) is 52.5 Å². The largest absolute Gasteiger partial charge is 0.359 e. The van der Waals surface area contributed by atoms with Crippen LogP contribution in [0.2, 0.25) is 0 Å². The molecule has 3 rings (SSSR count). The topological polar surface area (TPSA) is 53.7 Å². The Morgan fingerprint density at radius 1 is 1.41 bits per heavy atom. The van der Waals surface area contributed by atoms with Gasteiger partial charge in [0.1, 0.15) is 6.54 Å². The number of hydrogen-bond donors (Lipinski definition) is 1. The third-order valence-corrected chi connectivity index (χ3v) is 4.84. The Balaban J connectivity index is 0.00000176. The van der Waals surface area contributed by atoms with Crippen LogP contribution in [0, 0.1) is 5.41 Å². The SMILES string of the molecule is CCNC(=NCc1cc(CC)no1)N1CCC2(CCC2)C1.I. The molecule has 0 radical (unpaired) electrons. The predicted molar refractivity (Wildman–Crippen MR) is 98.6 cm³/mol. The van der Waals surface area contributed by atoms with Gasteiger partial charge in [0.15, 0.2) is 11.7 Å². The van der Waals surface area contributed by atoms with Crippen molar-refractivity contribution in [1.82, 2.24) is 15.4 Å². The highest BCUT2D eigenvalue weighted by Crippen LogP contribution is 2.47. The molecule has 1 aromatic rings. The van der Waals surface area contributed by atoms with Gasteiger partial charge in [0, 0.05) is 25.7 Å². The number of aryl methyl sites for hydroxylation is 1. The molecule has 0 amide bonds. The van der Waals surface area contributed by atoms with Crippen LogP contribution in [0.5, 0.6) is 0 Å². The molecule has 2 heterocycles. The minimum absolute atomic E-state index is 0. The molecule has 0 atom stereocenters. The fourth-order valence-corrected chi connectivity index (χ4v) is 3.38. The molecule has 1 aliphatic carbocycles. The molecule has 1 aromatic heterocycles. The molecule has 1 spiro atoms. The first kappa shape index (κ1) is 17.6. The van der Waals surface area contributed by atoms with E-state index in [0.717, 1.165) is 43.5 Å². The highest BCUT2D eigenvalue weighted by molar-refractivity contribution is 14.0. The van der Waals surface area contributed by atoms with Crippen LogP contribution in [0.15, 0.2) is 15.6 Å². The maximum Gasteiger partial charge on any atom is 0.194 e. The molecule has 2 aliphatic rings. The fourth-order valence-electron chi connectivity index (χ4n) is 3.38. The van der Waals surface area contributed by atoms with E-state index >= 15 is 0 Å². The third kappa shape index (κ3) is 3.75. The number of guanidine groups is 1. The lowest BCUT2D eigenvalue weighted by Crippen LogP contribution is -2.42. The lowest BCUT2D eigenvalue weighted by Gasteiger charge is -2.38. The van der Waals surface area contributed by atoms with Gasteiger partial charge in [0.25, 0.3) is 0 Å². The van der Waals surface area contributed by atoms with E-state index in [4.69, 9.17) is 9.52 Å². The molecule has 5 nitrogen and oxygen atoms in total. The normalized spacial score (nSPS) is 19.9. The maximum atomic E-state index is 5.32. The quantitative estimate of drug-likeness (QED) is 0.464. The molecular weight excluding hydrogens is 391 g/mol. The molecule has 1 saturated heterocycles. The fraction of sp³-hybridized carbons (Fsp3) is 0.750. The van der Waals surface area contributed by atoms with Crippen molar-refractivity contribution in [1.29, 1.82) is 0 Å². The van der Waals surface area contributed by atoms with E-state index in [1.807, 2.05) is 6.07 Å². The summed E-state index contributed by atoms with van der Waals surface area (Å²) in [6.07, 6.45) is 6.41. The van der Waals surface area contributed by atoms with Crippen molar-refractivity contribution < 1.29 is 4.52 Å². The van der Waals surface area contributed by atoms with Crippen molar-refractivity contribution in [3.63, 3.8) is 0 Å². The zero-order valence-electron chi connectivity index (χ0n) is 13.6. The van der Waals surface area contributed by atoms with Crippen molar-refractivity contribution >= 4 is 29.9 Å². The zero-order valence-corrected chi connectivity index (χ0v) is 15.9. The van der Waals surface area contributed by atoms with E-state index in [1.165, 1.54) is 25.7 Å². The Labute approximate surface area is 149 Å². The van der Waals surface area contributed by atoms with Gasteiger partial charge in [-0.25, -0.2) is 4.99 Å². The minimum Gasteiger partial charge on any atom is -0.359 e. The first-order valence-corrected chi connectivity index (χ1v) is 8.22. The number of aliphatic imine (C=N–C) groups is 1. The third-order valence-electron chi connectivity index (χ3n) is 4.84. The highest BCUT2D eigenvalue weighted by Gasteiger charge is 2.43. The summed E-state index contributed by atoms with van der Waals surface area (Å²) in [5, 5.41) is 7.44. The van der Waals surface area contributed by atoms with Crippen LogP contribution in [-0.2, 0) is 13.0 Å². The number of likely N-dealkylation sites (tertiary alicyclic amines) is 1. The average Bonchev–Trinajstić information content (AvgIpc) is 3.09. The van der Waals surface area contributed by atoms with Crippen LogP contribution < -0.4 is 5.32 Å². The van der Waals surface area contributed by atoms with E-state index in [9.17, 15) is 0 Å². The summed E-state index contributed by atoms with van der Waals surface area (Å²) in [7, 11) is 0. The van der Waals surface area contributed by atoms with Gasteiger partial charge in [-0.05, 0) is 38.0 Å². The second-order valence-electron chi connectivity index (χ2n) is 6.33. The second-order valence-corrected chi connectivity index (χ2v) is 6.33. The minimum atomic E-state index is 0. The van der Waals surface area contributed by atoms with Gasteiger partial charge < -0.3 is 14.7 Å². The van der Waals surface area contributed by atoms with Crippen molar-refractivity contribution in [3.05, 3.63) is 17.5 Å². The molecule has 1 N–H and O–H groups in total. The number of nitrogens with zero attached hydrogens (tertiary/aromatic N) is 3. The van der Waals surface area contributed by atoms with Crippen molar-refractivity contribution in [2.75, 3.05) is 19.6 Å². The summed E-state index contributed by atoms with van der Waals surface area (Å²) in [5.74, 6) is 1.87. The van der Waals surface area contributed by atoms with Crippen molar-refractivity contribution in [3.8, 4) is 0 Å². The summed E-state index contributed by atoms with van der Waals surface area (Å²) in [6.45, 7) is 7.96. The van der Waals surface area contributed by atoms with E-state index in [-0.39, 0.29) is 24.0 Å². The monoisotopic (exact) mass is 418 g/mol. The number of aromatic nitrogens is 1. The molecule has 6 heteroatoms. The van der Waals surface area contributed by atoms with Gasteiger partial charge in [-0.1, -0.05) is 18.5 Å². The maximum absolute atomic E-state index is 5.32. The van der Waals surface area contributed by atoms with Gasteiger partial charge in [-0.3, -0.25) is 0 Å². The van der Waals surface area contributed by atoms with Gasteiger partial charge in [0.2, 0.25) is 0 Å². The summed E-state index contributed by atoms with van der Waals surface area (Å²) < 4.78 is 5.32. The number of rotatable bonds is 4. The van der Waals surface area contributed by atoms with Gasteiger partial charge in [0.05, 0.1) is 5.69 Å². The predicted octanol–water partition coefficient (Wildman–Crippen LogP) is 3.20. The summed E-state index contributed by atoms with van der Waals surface area (Å²) >= 11 is 0. The summed E-state index contributed by atoms with van der Waals surface area (Å²) in [4.78, 5) is 7.15. The van der Waals surface area contributed by atoms with Crippen LogP contribution >= 0.6 is 24.0 Å². The standard InChI is InChI=1S/C16H26N4O.HI/c1-3-13-10-14(21-19-13)11-18-15(17-4-2)20-9-8-16(12-20)6-5-7-16;/h10H,3-9,11-12H2,1-2H3,(H,17,18);1H. The second kappa shape index (κ2) is 7.66. The van der Waals surface area contributed by atoms with E-state index in [1.54, 1.807) is 0 Å². The van der Waals surface area contributed by atoms with Crippen LogP contribution in [0.3, 0.4) is 0 Å². The molecule has 22 heavy (non-hydrogen) atoms. The van der Waals surface area contributed by atoms with Crippen molar-refractivity contribution in [2.24, 2.45) is 10.4 Å². The van der Waals surface area contributed by atoms with Gasteiger partial charge >= 0.3 is 0 Å². The van der Waals surface area contributed by atoms with Crippen LogP contribution in [0.4, 0.5) is 0 Å². The van der Waals surface area contributed by atoms with Crippen LogP contribution in [-0.4, -0.2) is 35.7 Å². The van der Waals surface area contributed by atoms with Crippen LogP contribution in [0.25, 0.3) is 0 Å². The Kier molecular flexibility index (Phi) is 6.11. The molecule has 2 fully saturated rings. The molecule has 124 valence electrons. The first-order valence-electron chi connectivity index (χ1n) is 8.22. The molecule has 0 unspecified atom stereocenters. The Morgan fingerprint density at radius 3 is 2.77 bits per heavy atom. The molecule has 0 aromatic carbocycles. The summed E-state index contributed by atoms with van der Waals surface area (Å²) in [5.41, 5.74) is 1.59. The Morgan fingerprint density at radius 2 is 2.23 bits per heavy atom. The lowest BCUT2D eigenvalue weighted by atomic mass is 9.68. The van der Waals surface area contributed by atoms with Gasteiger partial charge in [-0.2, -0.15) is 0 Å². The summed E-state index contributed by atoms with van der Waals surface area (Å²) in [6, 6.07) is 2.00. The zero-order chi connectivity index (χ0) is 14.7. The molecular formula is C16H27IN4O. The Hall–Kier alpha value is -0.790. The van der Waals surface area contributed by atoms with E-state index in [2.05, 4.69) is 29.2 Å². The highest BCUT2D eigenvalue weighted by atomic mass is 127. The number of halogens is 1. The van der Waals surface area contributed by atoms with E-state index in [0.29, 0.717) is 12.0 Å². The van der Waals surface area contributed by atoms with E-state index < -0.39 is 0 Å². The molecule has 0 bridgehead atoms. The number of nitrogens with one attached hydrogen (secondary N) is 1. The van der Waals surface area contributed by atoms with Gasteiger partial charge in [-0.15, -0.1) is 24.0 Å². The Bertz CT molecular complexity index is 510. The smallest absolute Gasteiger partial charge is 0.194 e. The van der Waals surface area contributed by atoms with Crippen LogP contribution in [0.1, 0.15) is 51.0 Å². The first-order chi connectivity index (χ1) is 10.2.